The predicted molar refractivity (Wildman–Crippen MR) is 65.2 cm³/mol. The Hall–Kier alpha value is -1.90. The zero-order chi connectivity index (χ0) is 11.9. The number of nitrogens with zero attached hydrogens (tertiary/aromatic N) is 1. The van der Waals surface area contributed by atoms with E-state index in [0.717, 1.165) is 12.2 Å². The molecule has 3 rings (SSSR count). The minimum atomic E-state index is -0.316. The van der Waals surface area contributed by atoms with E-state index in [9.17, 15) is 4.79 Å². The number of fused-ring (bicyclic) bond motifs is 1. The van der Waals surface area contributed by atoms with Gasteiger partial charge in [-0.2, -0.15) is 0 Å². The highest BCUT2D eigenvalue weighted by Gasteiger charge is 2.58. The number of aliphatic imine (C=N–C) groups is 1. The van der Waals surface area contributed by atoms with Gasteiger partial charge >= 0.3 is 0 Å². The van der Waals surface area contributed by atoms with E-state index in [2.05, 4.69) is 4.99 Å². The van der Waals surface area contributed by atoms with Crippen molar-refractivity contribution in [3.63, 3.8) is 0 Å². The van der Waals surface area contributed by atoms with Crippen molar-refractivity contribution >= 4 is 11.7 Å². The highest BCUT2D eigenvalue weighted by molar-refractivity contribution is 5.97. The quantitative estimate of drug-likeness (QED) is 0.778. The molecule has 0 N–H and O–H groups in total. The van der Waals surface area contributed by atoms with Crippen LogP contribution in [0.1, 0.15) is 13.3 Å². The van der Waals surface area contributed by atoms with Crippen LogP contribution in [0.2, 0.25) is 0 Å². The van der Waals surface area contributed by atoms with Crippen LogP contribution in [-0.4, -0.2) is 17.7 Å². The molecule has 1 aromatic carbocycles. The lowest BCUT2D eigenvalue weighted by molar-refractivity contribution is -0.120. The monoisotopic (exact) mass is 227 g/mol. The van der Waals surface area contributed by atoms with Gasteiger partial charge in [-0.05, 0) is 31.6 Å². The molecule has 1 aliphatic heterocycles. The maximum atomic E-state index is 11.5. The highest BCUT2D eigenvalue weighted by Crippen LogP contribution is 2.52. The summed E-state index contributed by atoms with van der Waals surface area (Å²) in [6, 6.07) is 9.63. The summed E-state index contributed by atoms with van der Waals surface area (Å²) < 4.78 is 5.63. The number of carbonyl (C=O) groups is 1. The van der Waals surface area contributed by atoms with E-state index < -0.39 is 0 Å². The summed E-state index contributed by atoms with van der Waals surface area (Å²) in [5, 5.41) is 0. The molecule has 17 heavy (non-hydrogen) atoms. The van der Waals surface area contributed by atoms with E-state index in [1.54, 1.807) is 13.0 Å². The summed E-state index contributed by atoms with van der Waals surface area (Å²) in [5.74, 6) is 1.56. The van der Waals surface area contributed by atoms with Gasteiger partial charge in [0.05, 0.1) is 11.5 Å². The van der Waals surface area contributed by atoms with Gasteiger partial charge in [-0.25, -0.2) is 4.99 Å². The van der Waals surface area contributed by atoms with Crippen LogP contribution in [0.25, 0.3) is 0 Å². The van der Waals surface area contributed by atoms with Gasteiger partial charge in [-0.15, -0.1) is 0 Å². The Morgan fingerprint density at radius 3 is 2.82 bits per heavy atom. The van der Waals surface area contributed by atoms with Crippen LogP contribution in [0, 0.1) is 5.41 Å². The van der Waals surface area contributed by atoms with Gasteiger partial charge in [-0.1, -0.05) is 24.3 Å². The van der Waals surface area contributed by atoms with Crippen LogP contribution in [0.3, 0.4) is 0 Å². The molecule has 1 saturated carbocycles. The number of hydrogen-bond donors (Lipinski definition) is 0. The van der Waals surface area contributed by atoms with Gasteiger partial charge in [0.2, 0.25) is 5.90 Å². The Morgan fingerprint density at radius 2 is 2.18 bits per heavy atom. The van der Waals surface area contributed by atoms with E-state index >= 15 is 0 Å². The summed E-state index contributed by atoms with van der Waals surface area (Å²) in [6.07, 6.45) is 4.56. The van der Waals surface area contributed by atoms with Gasteiger partial charge in [0.25, 0.3) is 0 Å². The first-order valence-electron chi connectivity index (χ1n) is 5.72. The fourth-order valence-electron chi connectivity index (χ4n) is 2.18. The average molecular weight is 227 g/mol. The summed E-state index contributed by atoms with van der Waals surface area (Å²) in [4.78, 5) is 15.9. The number of ketones is 1. The number of benzene rings is 1. The third kappa shape index (κ3) is 1.68. The van der Waals surface area contributed by atoms with Crippen LogP contribution in [0.4, 0.5) is 0 Å². The van der Waals surface area contributed by atoms with Gasteiger partial charge in [0, 0.05) is 0 Å². The Kier molecular flexibility index (Phi) is 2.15. The molecule has 1 aromatic rings. The number of Topliss-reactive ketones (excluding diaryl/α,β-unsaturated/α-hetero) is 1. The van der Waals surface area contributed by atoms with Crippen molar-refractivity contribution in [3.8, 4) is 5.75 Å². The molecular weight excluding hydrogens is 214 g/mol. The topological polar surface area (TPSA) is 38.7 Å². The summed E-state index contributed by atoms with van der Waals surface area (Å²) in [5.41, 5.74) is -0.316. The van der Waals surface area contributed by atoms with Crippen molar-refractivity contribution in [1.29, 1.82) is 0 Å². The van der Waals surface area contributed by atoms with Crippen LogP contribution in [-0.2, 0) is 4.79 Å². The van der Waals surface area contributed by atoms with Crippen LogP contribution in [0.5, 0.6) is 5.75 Å². The van der Waals surface area contributed by atoms with E-state index in [4.69, 9.17) is 4.74 Å². The van der Waals surface area contributed by atoms with Gasteiger partial charge in [0.15, 0.2) is 0 Å². The smallest absolute Gasteiger partial charge is 0.214 e. The molecule has 0 spiro atoms. The maximum absolute atomic E-state index is 11.5. The molecule has 1 fully saturated rings. The number of ether oxygens (including phenoxy) is 1. The highest BCUT2D eigenvalue weighted by atomic mass is 16.5. The number of dihydropyridines is 1. The van der Waals surface area contributed by atoms with Crippen molar-refractivity contribution in [3.05, 3.63) is 42.5 Å². The lowest BCUT2D eigenvalue weighted by atomic mass is 9.99. The van der Waals surface area contributed by atoms with Crippen molar-refractivity contribution in [2.45, 2.75) is 19.4 Å². The predicted octanol–water partition coefficient (Wildman–Crippen LogP) is 2.38. The normalized spacial score (nSPS) is 29.2. The zero-order valence-corrected chi connectivity index (χ0v) is 9.59. The second-order valence-corrected chi connectivity index (χ2v) is 4.53. The second-order valence-electron chi connectivity index (χ2n) is 4.53. The van der Waals surface area contributed by atoms with Crippen LogP contribution < -0.4 is 4.74 Å². The standard InChI is InChI=1S/C14H13NO2/c1-10(16)14-8-7-13(15-12(14)9-14)17-11-5-3-2-4-6-11/h2-8,12H,9H2,1H3. The molecule has 0 radical (unpaired) electrons. The van der Waals surface area contributed by atoms with Gasteiger partial charge in [-0.3, -0.25) is 4.79 Å². The summed E-state index contributed by atoms with van der Waals surface area (Å²) >= 11 is 0. The Bertz CT molecular complexity index is 518. The first-order valence-corrected chi connectivity index (χ1v) is 5.72. The van der Waals surface area contributed by atoms with Crippen LogP contribution >= 0.6 is 0 Å². The molecule has 3 nitrogen and oxygen atoms in total. The molecule has 3 heteroatoms. The van der Waals surface area contributed by atoms with Crippen LogP contribution in [0.15, 0.2) is 47.5 Å². The van der Waals surface area contributed by atoms with E-state index in [1.165, 1.54) is 0 Å². The molecule has 1 aliphatic carbocycles. The Morgan fingerprint density at radius 1 is 1.41 bits per heavy atom. The molecule has 0 amide bonds. The maximum Gasteiger partial charge on any atom is 0.214 e. The van der Waals surface area contributed by atoms with Crippen molar-refractivity contribution in [1.82, 2.24) is 0 Å². The SMILES string of the molecule is CC(=O)C12C=CC(Oc3ccccc3)=NC1C2. The third-order valence-corrected chi connectivity index (χ3v) is 3.39. The lowest BCUT2D eigenvalue weighted by Gasteiger charge is -2.13. The molecule has 2 aliphatic rings. The molecule has 0 saturated heterocycles. The number of carbonyl (C=O) groups excluding carboxylic acids is 1. The van der Waals surface area contributed by atoms with Crippen molar-refractivity contribution in [2.24, 2.45) is 10.4 Å². The molecule has 0 aromatic heterocycles. The molecule has 1 heterocycles. The fraction of sp³-hybridized carbons (Fsp3) is 0.286. The van der Waals surface area contributed by atoms with E-state index in [-0.39, 0.29) is 17.2 Å². The van der Waals surface area contributed by atoms with Gasteiger partial charge < -0.3 is 4.74 Å². The summed E-state index contributed by atoms with van der Waals surface area (Å²) in [6.45, 7) is 1.63. The van der Waals surface area contributed by atoms with Crippen molar-refractivity contribution < 1.29 is 9.53 Å². The number of para-hydroxylation sites is 1. The minimum absolute atomic E-state index is 0.0868. The van der Waals surface area contributed by atoms with Gasteiger partial charge in [0.1, 0.15) is 11.5 Å². The lowest BCUT2D eigenvalue weighted by Crippen LogP contribution is -2.20. The molecule has 0 bridgehead atoms. The van der Waals surface area contributed by atoms with E-state index in [1.807, 2.05) is 36.4 Å². The minimum Gasteiger partial charge on any atom is -0.439 e. The number of rotatable bonds is 2. The first kappa shape index (κ1) is 10.3. The molecular formula is C14H13NO2. The average Bonchev–Trinajstić information content (AvgIpc) is 3.05. The largest absolute Gasteiger partial charge is 0.439 e. The summed E-state index contributed by atoms with van der Waals surface area (Å²) in [7, 11) is 0. The Labute approximate surface area is 99.8 Å². The van der Waals surface area contributed by atoms with E-state index in [0.29, 0.717) is 5.90 Å². The molecule has 2 unspecified atom stereocenters. The number of hydrogen-bond acceptors (Lipinski definition) is 3. The second kappa shape index (κ2) is 3.55. The van der Waals surface area contributed by atoms with Crippen molar-refractivity contribution in [2.75, 3.05) is 0 Å². The zero-order valence-electron chi connectivity index (χ0n) is 9.59. The molecule has 2 atom stereocenters. The third-order valence-electron chi connectivity index (χ3n) is 3.39. The fourth-order valence-corrected chi connectivity index (χ4v) is 2.18. The first-order chi connectivity index (χ1) is 8.21. The Balaban J connectivity index is 1.75. The molecule has 86 valence electrons.